The number of pyridine rings is 1. The maximum atomic E-state index is 12.7. The van der Waals surface area contributed by atoms with Crippen LogP contribution < -0.4 is 0 Å². The molecule has 0 aliphatic heterocycles. The third-order valence-electron chi connectivity index (χ3n) is 2.02. The maximum absolute atomic E-state index is 12.7. The summed E-state index contributed by atoms with van der Waals surface area (Å²) in [6.07, 6.45) is 2.64. The van der Waals surface area contributed by atoms with Crippen LogP contribution in [0.1, 0.15) is 25.6 Å². The van der Waals surface area contributed by atoms with Crippen LogP contribution in [0.15, 0.2) is 24.7 Å². The molecule has 2 heterocycles. The van der Waals surface area contributed by atoms with Crippen LogP contribution in [0.2, 0.25) is 0 Å². The molecule has 2 rings (SSSR count). The molecule has 0 saturated heterocycles. The van der Waals surface area contributed by atoms with Gasteiger partial charge in [0.25, 0.3) is 0 Å². The smallest absolute Gasteiger partial charge is 0.155 e. The molecule has 0 N–H and O–H groups in total. The summed E-state index contributed by atoms with van der Waals surface area (Å²) >= 11 is 0. The molecule has 2 aromatic heterocycles. The van der Waals surface area contributed by atoms with Gasteiger partial charge in [0.1, 0.15) is 18.0 Å². The van der Waals surface area contributed by atoms with Gasteiger partial charge in [-0.1, -0.05) is 13.8 Å². The minimum atomic E-state index is -0.357. The van der Waals surface area contributed by atoms with Crippen molar-refractivity contribution in [2.75, 3.05) is 0 Å². The SMILES string of the molecule is CC(C)c1ncnn1-c1ccc(F)cn1. The van der Waals surface area contributed by atoms with Crippen molar-refractivity contribution < 1.29 is 4.39 Å². The largest absolute Gasteiger partial charge is 0.234 e. The molecule has 0 saturated carbocycles. The van der Waals surface area contributed by atoms with Crippen LogP contribution in [0.4, 0.5) is 4.39 Å². The molecule has 0 unspecified atom stereocenters. The molecule has 0 amide bonds. The summed E-state index contributed by atoms with van der Waals surface area (Å²) in [6.45, 7) is 4.04. The lowest BCUT2D eigenvalue weighted by Crippen LogP contribution is -2.06. The van der Waals surface area contributed by atoms with E-state index < -0.39 is 0 Å². The molecule has 78 valence electrons. The van der Waals surface area contributed by atoms with Gasteiger partial charge in [0, 0.05) is 5.92 Å². The third-order valence-corrected chi connectivity index (χ3v) is 2.02. The van der Waals surface area contributed by atoms with Crippen molar-refractivity contribution in [3.05, 3.63) is 36.3 Å². The highest BCUT2D eigenvalue weighted by molar-refractivity contribution is 5.22. The van der Waals surface area contributed by atoms with Crippen molar-refractivity contribution in [2.24, 2.45) is 0 Å². The molecule has 0 aliphatic rings. The Morgan fingerprint density at radius 3 is 2.67 bits per heavy atom. The summed E-state index contributed by atoms with van der Waals surface area (Å²) in [5, 5.41) is 4.06. The molecular weight excluding hydrogens is 195 g/mol. The molecule has 5 heteroatoms. The number of rotatable bonds is 2. The van der Waals surface area contributed by atoms with Gasteiger partial charge in [-0.05, 0) is 12.1 Å². The van der Waals surface area contributed by atoms with Crippen molar-refractivity contribution >= 4 is 0 Å². The number of hydrogen-bond donors (Lipinski definition) is 0. The van der Waals surface area contributed by atoms with Gasteiger partial charge >= 0.3 is 0 Å². The molecule has 0 radical (unpaired) electrons. The van der Waals surface area contributed by atoms with E-state index in [9.17, 15) is 4.39 Å². The quantitative estimate of drug-likeness (QED) is 0.754. The predicted octanol–water partition coefficient (Wildman–Crippen LogP) is 1.92. The third kappa shape index (κ3) is 1.86. The Morgan fingerprint density at radius 1 is 1.27 bits per heavy atom. The number of hydrogen-bond acceptors (Lipinski definition) is 3. The minimum Gasteiger partial charge on any atom is -0.234 e. The Balaban J connectivity index is 2.45. The molecule has 0 atom stereocenters. The summed E-state index contributed by atoms with van der Waals surface area (Å²) in [6, 6.07) is 2.93. The zero-order valence-corrected chi connectivity index (χ0v) is 8.55. The standard InChI is InChI=1S/C10H11FN4/c1-7(2)10-13-6-14-15(10)9-4-3-8(11)5-12-9/h3-7H,1-2H3. The highest BCUT2D eigenvalue weighted by Gasteiger charge is 2.10. The van der Waals surface area contributed by atoms with E-state index >= 15 is 0 Å². The first kappa shape index (κ1) is 9.76. The van der Waals surface area contributed by atoms with Crippen LogP contribution in [-0.2, 0) is 0 Å². The van der Waals surface area contributed by atoms with E-state index in [2.05, 4.69) is 15.1 Å². The van der Waals surface area contributed by atoms with Crippen molar-refractivity contribution in [1.82, 2.24) is 19.7 Å². The molecule has 4 nitrogen and oxygen atoms in total. The van der Waals surface area contributed by atoms with E-state index in [0.29, 0.717) is 5.82 Å². The van der Waals surface area contributed by atoms with E-state index in [0.717, 1.165) is 5.82 Å². The van der Waals surface area contributed by atoms with Gasteiger partial charge in [-0.3, -0.25) is 0 Å². The van der Waals surface area contributed by atoms with Crippen molar-refractivity contribution in [1.29, 1.82) is 0 Å². The van der Waals surface area contributed by atoms with E-state index in [1.807, 2.05) is 13.8 Å². The van der Waals surface area contributed by atoms with Crippen LogP contribution in [0, 0.1) is 5.82 Å². The van der Waals surface area contributed by atoms with Gasteiger partial charge in [0.2, 0.25) is 0 Å². The zero-order chi connectivity index (χ0) is 10.8. The molecule has 0 fully saturated rings. The number of nitrogens with zero attached hydrogens (tertiary/aromatic N) is 4. The van der Waals surface area contributed by atoms with Crippen LogP contribution in [0.5, 0.6) is 0 Å². The summed E-state index contributed by atoms with van der Waals surface area (Å²) in [4.78, 5) is 8.08. The van der Waals surface area contributed by atoms with E-state index in [1.165, 1.54) is 18.6 Å². The highest BCUT2D eigenvalue weighted by atomic mass is 19.1. The van der Waals surface area contributed by atoms with Crippen molar-refractivity contribution in [3.63, 3.8) is 0 Å². The average Bonchev–Trinajstić information content (AvgIpc) is 2.67. The average molecular weight is 206 g/mol. The van der Waals surface area contributed by atoms with Crippen LogP contribution >= 0.6 is 0 Å². The lowest BCUT2D eigenvalue weighted by Gasteiger charge is -2.06. The Morgan fingerprint density at radius 2 is 2.07 bits per heavy atom. The maximum Gasteiger partial charge on any atom is 0.155 e. The second-order valence-electron chi connectivity index (χ2n) is 3.52. The Kier molecular flexibility index (Phi) is 2.45. The van der Waals surface area contributed by atoms with Gasteiger partial charge in [-0.15, -0.1) is 0 Å². The summed E-state index contributed by atoms with van der Waals surface area (Å²) < 4.78 is 14.3. The lowest BCUT2D eigenvalue weighted by molar-refractivity contribution is 0.617. The predicted molar refractivity (Wildman–Crippen MR) is 53.2 cm³/mol. The highest BCUT2D eigenvalue weighted by Crippen LogP contribution is 2.14. The normalized spacial score (nSPS) is 10.9. The van der Waals surface area contributed by atoms with Crippen molar-refractivity contribution in [3.8, 4) is 5.82 Å². The first-order valence-corrected chi connectivity index (χ1v) is 4.70. The Hall–Kier alpha value is -1.78. The van der Waals surface area contributed by atoms with Gasteiger partial charge < -0.3 is 0 Å². The first-order chi connectivity index (χ1) is 7.18. The molecule has 0 aromatic carbocycles. The zero-order valence-electron chi connectivity index (χ0n) is 8.55. The molecule has 0 aliphatic carbocycles. The summed E-state index contributed by atoms with van der Waals surface area (Å²) in [7, 11) is 0. The fourth-order valence-corrected chi connectivity index (χ4v) is 1.31. The second kappa shape index (κ2) is 3.76. The lowest BCUT2D eigenvalue weighted by atomic mass is 10.2. The monoisotopic (exact) mass is 206 g/mol. The molecule has 0 bridgehead atoms. The van der Waals surface area contributed by atoms with Crippen LogP contribution in [0.3, 0.4) is 0 Å². The summed E-state index contributed by atoms with van der Waals surface area (Å²) in [5.74, 6) is 1.29. The summed E-state index contributed by atoms with van der Waals surface area (Å²) in [5.41, 5.74) is 0. The number of halogens is 1. The molecule has 2 aromatic rings. The van der Waals surface area contributed by atoms with Gasteiger partial charge in [0.15, 0.2) is 5.82 Å². The van der Waals surface area contributed by atoms with E-state index in [1.54, 1.807) is 10.7 Å². The Bertz CT molecular complexity index is 447. The van der Waals surface area contributed by atoms with Crippen LogP contribution in [-0.4, -0.2) is 19.7 Å². The molecule has 0 spiro atoms. The fourth-order valence-electron chi connectivity index (χ4n) is 1.31. The molecular formula is C10H11FN4. The molecule has 15 heavy (non-hydrogen) atoms. The van der Waals surface area contributed by atoms with Gasteiger partial charge in [0.05, 0.1) is 6.20 Å². The second-order valence-corrected chi connectivity index (χ2v) is 3.52. The minimum absolute atomic E-state index is 0.249. The Labute approximate surface area is 86.8 Å². The van der Waals surface area contributed by atoms with Gasteiger partial charge in [-0.25, -0.2) is 14.4 Å². The fraction of sp³-hybridized carbons (Fsp3) is 0.300. The topological polar surface area (TPSA) is 43.6 Å². The van der Waals surface area contributed by atoms with E-state index in [4.69, 9.17) is 0 Å². The van der Waals surface area contributed by atoms with Crippen molar-refractivity contribution in [2.45, 2.75) is 19.8 Å². The number of aromatic nitrogens is 4. The van der Waals surface area contributed by atoms with Crippen LogP contribution in [0.25, 0.3) is 5.82 Å². The van der Waals surface area contributed by atoms with Gasteiger partial charge in [-0.2, -0.15) is 9.78 Å². The first-order valence-electron chi connectivity index (χ1n) is 4.70. The van der Waals surface area contributed by atoms with E-state index in [-0.39, 0.29) is 11.7 Å².